The van der Waals surface area contributed by atoms with Gasteiger partial charge in [0, 0.05) is 29.7 Å². The van der Waals surface area contributed by atoms with E-state index in [9.17, 15) is 18.0 Å². The Hall–Kier alpha value is -2.29. The van der Waals surface area contributed by atoms with E-state index >= 15 is 0 Å². The molecule has 0 N–H and O–H groups in total. The number of hydrogen-bond acceptors (Lipinski definition) is 3. The molecule has 0 atom stereocenters. The van der Waals surface area contributed by atoms with Gasteiger partial charge in [-0.25, -0.2) is 0 Å². The number of thiocarbonyl (C=S) groups is 1. The average Bonchev–Trinajstić information content (AvgIpc) is 3.12. The number of fused-ring (bicyclic) bond motifs is 1. The SMILES string of the molecule is Cn1cc(/C=C2\SC(=S)N(c3ccc(Cl)c(C(F)(F)F)c3)C2=O)c2ccccc21. The second-order valence-electron chi connectivity index (χ2n) is 6.39. The molecule has 1 aliphatic rings. The Morgan fingerprint density at radius 1 is 1.17 bits per heavy atom. The molecule has 4 rings (SSSR count). The Morgan fingerprint density at radius 2 is 1.90 bits per heavy atom. The molecule has 0 unspecified atom stereocenters. The number of hydrogen-bond donors (Lipinski definition) is 0. The number of rotatable bonds is 2. The molecule has 9 heteroatoms. The molecule has 2 aromatic carbocycles. The zero-order valence-corrected chi connectivity index (χ0v) is 17.2. The average molecular weight is 453 g/mol. The summed E-state index contributed by atoms with van der Waals surface area (Å²) in [4.78, 5) is 14.4. The third kappa shape index (κ3) is 3.56. The zero-order valence-electron chi connectivity index (χ0n) is 14.8. The standard InChI is InChI=1S/C20H12ClF3N2OS2/c1-25-10-11(13-4-2-3-5-16(13)25)8-17-18(27)26(19(28)29-17)12-6-7-15(21)14(9-12)20(22,23)24/h2-10H,1H3/b17-8-. The van der Waals surface area contributed by atoms with Crippen molar-refractivity contribution in [3.05, 3.63) is 69.7 Å². The predicted octanol–water partition coefficient (Wildman–Crippen LogP) is 6.26. The van der Waals surface area contributed by atoms with E-state index in [0.29, 0.717) is 4.91 Å². The first-order valence-corrected chi connectivity index (χ1v) is 9.96. The van der Waals surface area contributed by atoms with Gasteiger partial charge >= 0.3 is 6.18 Å². The van der Waals surface area contributed by atoms with Crippen molar-refractivity contribution in [3.8, 4) is 0 Å². The molecule has 0 aliphatic carbocycles. The molecule has 1 amide bonds. The number of amides is 1. The van der Waals surface area contributed by atoms with Gasteiger partial charge in [-0.2, -0.15) is 13.2 Å². The minimum Gasteiger partial charge on any atom is -0.350 e. The van der Waals surface area contributed by atoms with Gasteiger partial charge in [0.25, 0.3) is 5.91 Å². The highest BCUT2D eigenvalue weighted by Crippen LogP contribution is 2.41. The Labute approximate surface area is 178 Å². The van der Waals surface area contributed by atoms with Crippen LogP contribution in [0.1, 0.15) is 11.1 Å². The highest BCUT2D eigenvalue weighted by molar-refractivity contribution is 8.27. The Kier molecular flexibility index (Phi) is 4.96. The number of carbonyl (C=O) groups excluding carboxylic acids is 1. The highest BCUT2D eigenvalue weighted by Gasteiger charge is 2.37. The summed E-state index contributed by atoms with van der Waals surface area (Å²) >= 11 is 12.0. The molecule has 0 spiro atoms. The first-order chi connectivity index (χ1) is 13.7. The van der Waals surface area contributed by atoms with Crippen molar-refractivity contribution in [2.45, 2.75) is 6.18 Å². The van der Waals surface area contributed by atoms with Crippen LogP contribution in [0.5, 0.6) is 0 Å². The summed E-state index contributed by atoms with van der Waals surface area (Å²) in [7, 11) is 1.90. The van der Waals surface area contributed by atoms with E-state index in [2.05, 4.69) is 0 Å². The summed E-state index contributed by atoms with van der Waals surface area (Å²) in [6, 6.07) is 11.0. The predicted molar refractivity (Wildman–Crippen MR) is 115 cm³/mol. The number of aryl methyl sites for hydroxylation is 1. The Morgan fingerprint density at radius 3 is 2.62 bits per heavy atom. The lowest BCUT2D eigenvalue weighted by molar-refractivity contribution is -0.137. The number of benzene rings is 2. The molecule has 1 saturated heterocycles. The highest BCUT2D eigenvalue weighted by atomic mass is 35.5. The summed E-state index contributed by atoms with van der Waals surface area (Å²) in [5.74, 6) is -0.469. The van der Waals surface area contributed by atoms with Gasteiger partial charge < -0.3 is 4.57 Å². The van der Waals surface area contributed by atoms with Crippen LogP contribution in [-0.2, 0) is 18.0 Å². The monoisotopic (exact) mass is 452 g/mol. The maximum atomic E-state index is 13.2. The van der Waals surface area contributed by atoms with Gasteiger partial charge in [0.2, 0.25) is 0 Å². The lowest BCUT2D eigenvalue weighted by Gasteiger charge is -2.17. The fourth-order valence-electron chi connectivity index (χ4n) is 3.19. The van der Waals surface area contributed by atoms with Crippen LogP contribution >= 0.6 is 35.6 Å². The first-order valence-electron chi connectivity index (χ1n) is 8.35. The van der Waals surface area contributed by atoms with Crippen LogP contribution in [0.15, 0.2) is 53.6 Å². The fraction of sp³-hybridized carbons (Fsp3) is 0.100. The second-order valence-corrected chi connectivity index (χ2v) is 8.47. The number of thioether (sulfide) groups is 1. The van der Waals surface area contributed by atoms with Crippen molar-refractivity contribution in [3.63, 3.8) is 0 Å². The molecule has 3 nitrogen and oxygen atoms in total. The smallest absolute Gasteiger partial charge is 0.350 e. The van der Waals surface area contributed by atoms with Gasteiger partial charge in [-0.05, 0) is 30.3 Å². The number of aromatic nitrogens is 1. The van der Waals surface area contributed by atoms with Gasteiger partial charge in [0.1, 0.15) is 0 Å². The summed E-state index contributed by atoms with van der Waals surface area (Å²) in [5.41, 5.74) is 0.853. The number of anilines is 1. The maximum absolute atomic E-state index is 13.2. The lowest BCUT2D eigenvalue weighted by atomic mass is 10.1. The van der Waals surface area contributed by atoms with Gasteiger partial charge in [-0.3, -0.25) is 9.69 Å². The van der Waals surface area contributed by atoms with Gasteiger partial charge in [-0.1, -0.05) is 53.8 Å². The van der Waals surface area contributed by atoms with Crippen molar-refractivity contribution in [1.82, 2.24) is 4.57 Å². The zero-order chi connectivity index (χ0) is 20.9. The second kappa shape index (κ2) is 7.19. The van der Waals surface area contributed by atoms with Gasteiger partial charge in [0.05, 0.1) is 21.2 Å². The van der Waals surface area contributed by atoms with Crippen molar-refractivity contribution in [2.75, 3.05) is 4.90 Å². The normalized spacial score (nSPS) is 16.4. The summed E-state index contributed by atoms with van der Waals surface area (Å²) in [5, 5.41) is 0.532. The van der Waals surface area contributed by atoms with Crippen LogP contribution in [0.2, 0.25) is 5.02 Å². The first kappa shape index (κ1) is 20.0. The number of para-hydroxylation sites is 1. The molecule has 0 bridgehead atoms. The van der Waals surface area contributed by atoms with Crippen molar-refractivity contribution >= 4 is 68.5 Å². The van der Waals surface area contributed by atoms with E-state index in [-0.39, 0.29) is 10.0 Å². The summed E-state index contributed by atoms with van der Waals surface area (Å²) in [6.07, 6.45) is -1.03. The third-order valence-corrected chi connectivity index (χ3v) is 6.15. The van der Waals surface area contributed by atoms with Crippen molar-refractivity contribution < 1.29 is 18.0 Å². The molecule has 3 aromatic rings. The summed E-state index contributed by atoms with van der Waals surface area (Å²) < 4.78 is 41.7. The molecular formula is C20H12ClF3N2OS2. The largest absolute Gasteiger partial charge is 0.417 e. The fourth-order valence-corrected chi connectivity index (χ4v) is 4.70. The van der Waals surface area contributed by atoms with Crippen LogP contribution in [-0.4, -0.2) is 14.8 Å². The topological polar surface area (TPSA) is 25.2 Å². The van der Waals surface area contributed by atoms with Gasteiger partial charge in [0.15, 0.2) is 4.32 Å². The molecule has 0 saturated carbocycles. The molecule has 2 heterocycles. The van der Waals surface area contributed by atoms with E-state index in [1.807, 2.05) is 42.1 Å². The van der Waals surface area contributed by atoms with Crippen LogP contribution in [0.4, 0.5) is 18.9 Å². The van der Waals surface area contributed by atoms with Crippen LogP contribution < -0.4 is 4.90 Å². The van der Waals surface area contributed by atoms with Crippen molar-refractivity contribution in [2.24, 2.45) is 7.05 Å². The molecule has 1 fully saturated rings. The third-order valence-electron chi connectivity index (χ3n) is 4.52. The van der Waals surface area contributed by atoms with E-state index in [0.717, 1.165) is 45.3 Å². The van der Waals surface area contributed by atoms with Crippen LogP contribution in [0.3, 0.4) is 0 Å². The van der Waals surface area contributed by atoms with E-state index in [1.54, 1.807) is 6.08 Å². The molecular weight excluding hydrogens is 441 g/mol. The molecule has 148 valence electrons. The Balaban J connectivity index is 1.74. The molecule has 1 aromatic heterocycles. The Bertz CT molecular complexity index is 1200. The molecule has 0 radical (unpaired) electrons. The maximum Gasteiger partial charge on any atom is 0.417 e. The minimum atomic E-state index is -4.63. The number of nitrogens with zero attached hydrogens (tertiary/aromatic N) is 2. The number of halogens is 4. The minimum absolute atomic E-state index is 0.0329. The van der Waals surface area contributed by atoms with E-state index in [1.165, 1.54) is 6.07 Å². The molecule has 1 aliphatic heterocycles. The van der Waals surface area contributed by atoms with Crippen LogP contribution in [0, 0.1) is 0 Å². The van der Waals surface area contributed by atoms with Crippen LogP contribution in [0.25, 0.3) is 17.0 Å². The molecule has 29 heavy (non-hydrogen) atoms. The number of alkyl halides is 3. The lowest BCUT2D eigenvalue weighted by Crippen LogP contribution is -2.27. The van der Waals surface area contributed by atoms with Crippen molar-refractivity contribution in [1.29, 1.82) is 0 Å². The van der Waals surface area contributed by atoms with Gasteiger partial charge in [-0.15, -0.1) is 0 Å². The summed E-state index contributed by atoms with van der Waals surface area (Å²) in [6.45, 7) is 0. The van der Waals surface area contributed by atoms with E-state index < -0.39 is 22.7 Å². The number of carbonyl (C=O) groups is 1. The quantitative estimate of drug-likeness (QED) is 0.339. The van der Waals surface area contributed by atoms with E-state index in [4.69, 9.17) is 23.8 Å².